The zero-order valence-electron chi connectivity index (χ0n) is 9.89. The van der Waals surface area contributed by atoms with Gasteiger partial charge in [0.15, 0.2) is 0 Å². The Kier molecular flexibility index (Phi) is 3.69. The molecule has 0 amide bonds. The molecule has 3 heteroatoms. The van der Waals surface area contributed by atoms with Gasteiger partial charge in [0.05, 0.1) is 5.69 Å². The molecule has 1 aromatic heterocycles. The summed E-state index contributed by atoms with van der Waals surface area (Å²) in [5.41, 5.74) is 3.94. The van der Waals surface area contributed by atoms with Gasteiger partial charge in [0.2, 0.25) is 0 Å². The standard InChI is InChI=1S/C11H21N3/c1-8(2)11-9(3)10(6-7-12-4)13-14(11)5/h8,12H,6-7H2,1-5H3. The van der Waals surface area contributed by atoms with Crippen LogP contribution in [-0.4, -0.2) is 23.4 Å². The van der Waals surface area contributed by atoms with Crippen molar-refractivity contribution in [2.24, 2.45) is 7.05 Å². The van der Waals surface area contributed by atoms with Crippen LogP contribution in [0, 0.1) is 6.92 Å². The summed E-state index contributed by atoms with van der Waals surface area (Å²) in [5, 5.41) is 7.70. The number of aromatic nitrogens is 2. The maximum atomic E-state index is 4.55. The van der Waals surface area contributed by atoms with Gasteiger partial charge in [-0.3, -0.25) is 4.68 Å². The van der Waals surface area contributed by atoms with Crippen LogP contribution in [-0.2, 0) is 13.5 Å². The van der Waals surface area contributed by atoms with Gasteiger partial charge in [0.1, 0.15) is 0 Å². The molecular weight excluding hydrogens is 174 g/mol. The fourth-order valence-electron chi connectivity index (χ4n) is 1.99. The van der Waals surface area contributed by atoms with Gasteiger partial charge in [-0.05, 0) is 25.5 Å². The van der Waals surface area contributed by atoms with E-state index in [1.54, 1.807) is 0 Å². The lowest BCUT2D eigenvalue weighted by Crippen LogP contribution is -2.11. The van der Waals surface area contributed by atoms with Crippen LogP contribution in [0.2, 0.25) is 0 Å². The Bertz CT molecular complexity index is 300. The van der Waals surface area contributed by atoms with Crippen LogP contribution >= 0.6 is 0 Å². The predicted molar refractivity (Wildman–Crippen MR) is 59.7 cm³/mol. The van der Waals surface area contributed by atoms with Crippen molar-refractivity contribution in [2.75, 3.05) is 13.6 Å². The number of likely N-dealkylation sites (N-methyl/N-ethyl adjacent to an activating group) is 1. The lowest BCUT2D eigenvalue weighted by molar-refractivity contribution is 0.656. The Hall–Kier alpha value is -0.830. The molecule has 0 fully saturated rings. The van der Waals surface area contributed by atoms with Crippen molar-refractivity contribution in [2.45, 2.75) is 33.1 Å². The minimum Gasteiger partial charge on any atom is -0.319 e. The van der Waals surface area contributed by atoms with Crippen molar-refractivity contribution in [1.82, 2.24) is 15.1 Å². The molecule has 0 aliphatic carbocycles. The molecule has 1 N–H and O–H groups in total. The molecule has 0 radical (unpaired) electrons. The molecule has 80 valence electrons. The van der Waals surface area contributed by atoms with E-state index in [4.69, 9.17) is 0 Å². The largest absolute Gasteiger partial charge is 0.319 e. The van der Waals surface area contributed by atoms with Crippen molar-refractivity contribution in [1.29, 1.82) is 0 Å². The molecule has 0 saturated carbocycles. The highest BCUT2D eigenvalue weighted by Crippen LogP contribution is 2.21. The third-order valence-electron chi connectivity index (χ3n) is 2.60. The quantitative estimate of drug-likeness (QED) is 0.791. The average molecular weight is 195 g/mol. The summed E-state index contributed by atoms with van der Waals surface area (Å²) < 4.78 is 2.02. The summed E-state index contributed by atoms with van der Waals surface area (Å²) >= 11 is 0. The number of rotatable bonds is 4. The number of hydrogen-bond donors (Lipinski definition) is 1. The van der Waals surface area contributed by atoms with Gasteiger partial charge >= 0.3 is 0 Å². The SMILES string of the molecule is CNCCc1nn(C)c(C(C)C)c1C. The van der Waals surface area contributed by atoms with Gasteiger partial charge < -0.3 is 5.32 Å². The normalized spacial score (nSPS) is 11.3. The minimum atomic E-state index is 0.552. The van der Waals surface area contributed by atoms with Crippen LogP contribution in [0.3, 0.4) is 0 Å². The van der Waals surface area contributed by atoms with Crippen molar-refractivity contribution in [3.8, 4) is 0 Å². The number of aryl methyl sites for hydroxylation is 1. The molecule has 0 bridgehead atoms. The van der Waals surface area contributed by atoms with Gasteiger partial charge in [0.25, 0.3) is 0 Å². The third-order valence-corrected chi connectivity index (χ3v) is 2.60. The Balaban J connectivity index is 2.92. The number of hydrogen-bond acceptors (Lipinski definition) is 2. The van der Waals surface area contributed by atoms with Crippen molar-refractivity contribution in [3.05, 3.63) is 17.0 Å². The average Bonchev–Trinajstić information content (AvgIpc) is 2.38. The van der Waals surface area contributed by atoms with Crippen LogP contribution in [0.1, 0.15) is 36.7 Å². The van der Waals surface area contributed by atoms with Gasteiger partial charge in [-0.2, -0.15) is 5.10 Å². The Morgan fingerprint density at radius 2 is 2.07 bits per heavy atom. The predicted octanol–water partition coefficient (Wildman–Crippen LogP) is 1.61. The van der Waals surface area contributed by atoms with E-state index in [1.165, 1.54) is 17.0 Å². The van der Waals surface area contributed by atoms with Gasteiger partial charge in [-0.25, -0.2) is 0 Å². The molecule has 0 atom stereocenters. The Morgan fingerprint density at radius 3 is 2.50 bits per heavy atom. The summed E-state index contributed by atoms with van der Waals surface area (Å²) in [5.74, 6) is 0.552. The topological polar surface area (TPSA) is 29.9 Å². The van der Waals surface area contributed by atoms with Crippen LogP contribution in [0.15, 0.2) is 0 Å². The van der Waals surface area contributed by atoms with Crippen molar-refractivity contribution in [3.63, 3.8) is 0 Å². The third kappa shape index (κ3) is 2.15. The Morgan fingerprint density at radius 1 is 1.43 bits per heavy atom. The molecule has 0 spiro atoms. The second-order valence-electron chi connectivity index (χ2n) is 4.09. The molecule has 1 aromatic rings. The molecule has 0 aliphatic heterocycles. The molecule has 0 aliphatic rings. The maximum Gasteiger partial charge on any atom is 0.0669 e. The highest BCUT2D eigenvalue weighted by atomic mass is 15.3. The van der Waals surface area contributed by atoms with Crippen LogP contribution in [0.25, 0.3) is 0 Å². The van der Waals surface area contributed by atoms with E-state index in [-0.39, 0.29) is 0 Å². The minimum absolute atomic E-state index is 0.552. The summed E-state index contributed by atoms with van der Waals surface area (Å²) in [6, 6.07) is 0. The maximum absolute atomic E-state index is 4.55. The second-order valence-corrected chi connectivity index (χ2v) is 4.09. The van der Waals surface area contributed by atoms with Crippen molar-refractivity contribution < 1.29 is 0 Å². The number of nitrogens with zero attached hydrogens (tertiary/aromatic N) is 2. The molecular formula is C11H21N3. The first-order valence-electron chi connectivity index (χ1n) is 5.24. The monoisotopic (exact) mass is 195 g/mol. The fourth-order valence-corrected chi connectivity index (χ4v) is 1.99. The Labute approximate surface area is 86.5 Å². The second kappa shape index (κ2) is 4.60. The molecule has 0 aromatic carbocycles. The summed E-state index contributed by atoms with van der Waals surface area (Å²) in [7, 11) is 4.01. The molecule has 0 saturated heterocycles. The lowest BCUT2D eigenvalue weighted by atomic mass is 10.0. The van der Waals surface area contributed by atoms with Gasteiger partial charge in [-0.15, -0.1) is 0 Å². The highest BCUT2D eigenvalue weighted by Gasteiger charge is 2.13. The van der Waals surface area contributed by atoms with Crippen LogP contribution in [0.5, 0.6) is 0 Å². The molecule has 1 heterocycles. The van der Waals surface area contributed by atoms with Gasteiger partial charge in [0, 0.05) is 25.7 Å². The zero-order chi connectivity index (χ0) is 10.7. The van der Waals surface area contributed by atoms with E-state index in [2.05, 4.69) is 31.2 Å². The molecule has 14 heavy (non-hydrogen) atoms. The van der Waals surface area contributed by atoms with Crippen LogP contribution < -0.4 is 5.32 Å². The smallest absolute Gasteiger partial charge is 0.0669 e. The summed E-state index contributed by atoms with van der Waals surface area (Å²) in [6.45, 7) is 7.60. The first-order chi connectivity index (χ1) is 6.57. The van der Waals surface area contributed by atoms with E-state index < -0.39 is 0 Å². The lowest BCUT2D eigenvalue weighted by Gasteiger charge is -2.06. The number of nitrogens with one attached hydrogen (secondary N) is 1. The van der Waals surface area contributed by atoms with E-state index in [0.29, 0.717) is 5.92 Å². The van der Waals surface area contributed by atoms with E-state index in [0.717, 1.165) is 13.0 Å². The molecule has 3 nitrogen and oxygen atoms in total. The van der Waals surface area contributed by atoms with Crippen LogP contribution in [0.4, 0.5) is 0 Å². The zero-order valence-corrected chi connectivity index (χ0v) is 9.89. The van der Waals surface area contributed by atoms with Gasteiger partial charge in [-0.1, -0.05) is 13.8 Å². The van der Waals surface area contributed by atoms with E-state index in [9.17, 15) is 0 Å². The summed E-state index contributed by atoms with van der Waals surface area (Å²) in [4.78, 5) is 0. The highest BCUT2D eigenvalue weighted by molar-refractivity contribution is 5.27. The summed E-state index contributed by atoms with van der Waals surface area (Å²) in [6.07, 6.45) is 1.02. The first kappa shape index (κ1) is 11.2. The molecule has 1 rings (SSSR count). The van der Waals surface area contributed by atoms with E-state index in [1.807, 2.05) is 18.8 Å². The molecule has 0 unspecified atom stereocenters. The van der Waals surface area contributed by atoms with E-state index >= 15 is 0 Å². The first-order valence-corrected chi connectivity index (χ1v) is 5.24. The van der Waals surface area contributed by atoms with Crippen molar-refractivity contribution >= 4 is 0 Å². The fraction of sp³-hybridized carbons (Fsp3) is 0.727.